The van der Waals surface area contributed by atoms with Gasteiger partial charge < -0.3 is 19.7 Å². The molecule has 3 aromatic heterocycles. The topological polar surface area (TPSA) is 120 Å². The van der Waals surface area contributed by atoms with Gasteiger partial charge in [-0.05, 0) is 57.9 Å². The van der Waals surface area contributed by atoms with Crippen LogP contribution in [0.25, 0.3) is 22.6 Å². The number of likely N-dealkylation sites (tertiary alicyclic amines) is 1. The molecule has 3 aromatic rings. The first-order chi connectivity index (χ1) is 16.2. The van der Waals surface area contributed by atoms with E-state index in [-0.39, 0.29) is 12.1 Å². The molecule has 1 amide bonds. The van der Waals surface area contributed by atoms with Gasteiger partial charge in [0.2, 0.25) is 5.88 Å². The van der Waals surface area contributed by atoms with Crippen LogP contribution in [0.2, 0.25) is 0 Å². The number of anilines is 1. The maximum atomic E-state index is 12.2. The van der Waals surface area contributed by atoms with E-state index in [4.69, 9.17) is 9.47 Å². The third-order valence-corrected chi connectivity index (χ3v) is 5.35. The van der Waals surface area contributed by atoms with Crippen LogP contribution < -0.4 is 10.1 Å². The minimum atomic E-state index is -0.488. The molecule has 1 saturated heterocycles. The number of hydrogen-bond donors (Lipinski definition) is 1. The first-order valence-corrected chi connectivity index (χ1v) is 11.2. The van der Waals surface area contributed by atoms with Crippen molar-refractivity contribution in [2.75, 3.05) is 25.5 Å². The van der Waals surface area contributed by atoms with Crippen LogP contribution in [0.3, 0.4) is 0 Å². The summed E-state index contributed by atoms with van der Waals surface area (Å²) in [5, 5.41) is 20.5. The summed E-state index contributed by atoms with van der Waals surface area (Å²) in [6.07, 6.45) is 3.02. The zero-order valence-corrected chi connectivity index (χ0v) is 20.1. The molecule has 1 fully saturated rings. The lowest BCUT2D eigenvalue weighted by Gasteiger charge is -2.33. The average molecular weight is 467 g/mol. The summed E-state index contributed by atoms with van der Waals surface area (Å²) in [7, 11) is 3.33. The van der Waals surface area contributed by atoms with E-state index in [1.54, 1.807) is 25.3 Å². The first-order valence-electron chi connectivity index (χ1n) is 11.2. The average Bonchev–Trinajstić information content (AvgIpc) is 3.24. The predicted octanol–water partition coefficient (Wildman–Crippen LogP) is 3.15. The summed E-state index contributed by atoms with van der Waals surface area (Å²) in [4.78, 5) is 20.0. The smallest absolute Gasteiger partial charge is 0.410 e. The maximum Gasteiger partial charge on any atom is 0.410 e. The summed E-state index contributed by atoms with van der Waals surface area (Å²) >= 11 is 0. The third-order valence-electron chi connectivity index (χ3n) is 5.35. The van der Waals surface area contributed by atoms with E-state index in [1.807, 2.05) is 45.0 Å². The van der Waals surface area contributed by atoms with E-state index in [1.165, 1.54) is 4.80 Å². The molecule has 1 aliphatic heterocycles. The lowest BCUT2D eigenvalue weighted by Crippen LogP contribution is -2.44. The second-order valence-electron chi connectivity index (χ2n) is 9.16. The Hall–Kier alpha value is -3.76. The van der Waals surface area contributed by atoms with Crippen molar-refractivity contribution < 1.29 is 14.3 Å². The van der Waals surface area contributed by atoms with Gasteiger partial charge in [-0.1, -0.05) is 0 Å². The Kier molecular flexibility index (Phi) is 6.62. The number of aryl methyl sites for hydroxylation is 1. The summed E-state index contributed by atoms with van der Waals surface area (Å²) in [6.45, 7) is 6.90. The largest absolute Gasteiger partial charge is 0.480 e. The Morgan fingerprint density at radius 2 is 1.79 bits per heavy atom. The SMILES string of the molecule is COc1nc(-c2ccc(NC3CCN(C(=O)OC(C)(C)C)CC3)nn2)ccc1-c1cnn(C)n1. The molecule has 180 valence electrons. The van der Waals surface area contributed by atoms with Crippen molar-refractivity contribution in [1.29, 1.82) is 0 Å². The van der Waals surface area contributed by atoms with Crippen molar-refractivity contribution in [3.63, 3.8) is 0 Å². The number of pyridine rings is 1. The van der Waals surface area contributed by atoms with Crippen LogP contribution in [0.1, 0.15) is 33.6 Å². The van der Waals surface area contributed by atoms with Gasteiger partial charge in [0.25, 0.3) is 0 Å². The number of methoxy groups -OCH3 is 1. The zero-order chi connectivity index (χ0) is 24.3. The lowest BCUT2D eigenvalue weighted by molar-refractivity contribution is 0.0210. The lowest BCUT2D eigenvalue weighted by atomic mass is 10.1. The minimum Gasteiger partial charge on any atom is -0.480 e. The molecule has 0 aliphatic carbocycles. The van der Waals surface area contributed by atoms with Crippen molar-refractivity contribution in [2.45, 2.75) is 45.3 Å². The molecule has 0 spiro atoms. The van der Waals surface area contributed by atoms with Gasteiger partial charge in [-0.15, -0.1) is 10.2 Å². The van der Waals surface area contributed by atoms with Crippen LogP contribution in [0, 0.1) is 0 Å². The highest BCUT2D eigenvalue weighted by Crippen LogP contribution is 2.29. The Labute approximate surface area is 198 Å². The van der Waals surface area contributed by atoms with E-state index >= 15 is 0 Å². The van der Waals surface area contributed by atoms with Crippen LogP contribution >= 0.6 is 0 Å². The van der Waals surface area contributed by atoms with E-state index < -0.39 is 5.60 Å². The molecule has 0 radical (unpaired) electrons. The van der Waals surface area contributed by atoms with Gasteiger partial charge in [0.05, 0.1) is 24.6 Å². The number of nitrogens with one attached hydrogen (secondary N) is 1. The number of carbonyl (C=O) groups excluding carboxylic acids is 1. The molecule has 0 unspecified atom stereocenters. The number of piperidine rings is 1. The van der Waals surface area contributed by atoms with Gasteiger partial charge in [-0.3, -0.25) is 0 Å². The van der Waals surface area contributed by atoms with E-state index in [2.05, 4.69) is 30.7 Å². The van der Waals surface area contributed by atoms with Crippen molar-refractivity contribution in [2.24, 2.45) is 7.05 Å². The fourth-order valence-electron chi connectivity index (χ4n) is 3.69. The van der Waals surface area contributed by atoms with Crippen molar-refractivity contribution in [3.8, 4) is 28.5 Å². The normalized spacial score (nSPS) is 14.7. The summed E-state index contributed by atoms with van der Waals surface area (Å²) < 4.78 is 10.9. The molecule has 11 nitrogen and oxygen atoms in total. The van der Waals surface area contributed by atoms with Crippen molar-refractivity contribution in [3.05, 3.63) is 30.5 Å². The summed E-state index contributed by atoms with van der Waals surface area (Å²) in [5.74, 6) is 1.13. The van der Waals surface area contributed by atoms with Gasteiger partial charge >= 0.3 is 6.09 Å². The fourth-order valence-corrected chi connectivity index (χ4v) is 3.69. The Morgan fingerprint density at radius 1 is 1.06 bits per heavy atom. The number of rotatable bonds is 5. The van der Waals surface area contributed by atoms with Crippen molar-refractivity contribution in [1.82, 2.24) is 35.1 Å². The molecule has 0 atom stereocenters. The van der Waals surface area contributed by atoms with Crippen molar-refractivity contribution >= 4 is 11.9 Å². The third kappa shape index (κ3) is 5.59. The number of amides is 1. The van der Waals surface area contributed by atoms with Gasteiger partial charge in [0.15, 0.2) is 0 Å². The molecule has 1 N–H and O–H groups in total. The second kappa shape index (κ2) is 9.62. The molecule has 4 rings (SSSR count). The number of carbonyl (C=O) groups is 1. The number of ether oxygens (including phenoxy) is 2. The zero-order valence-electron chi connectivity index (χ0n) is 20.1. The van der Waals surface area contributed by atoms with Gasteiger partial charge in [0.1, 0.15) is 22.8 Å². The molecule has 0 bridgehead atoms. The number of nitrogens with zero attached hydrogens (tertiary/aromatic N) is 7. The molecule has 4 heterocycles. The van der Waals surface area contributed by atoms with E-state index in [0.717, 1.165) is 18.4 Å². The first kappa shape index (κ1) is 23.4. The molecular weight excluding hydrogens is 436 g/mol. The highest BCUT2D eigenvalue weighted by molar-refractivity contribution is 5.69. The quantitative estimate of drug-likeness (QED) is 0.604. The van der Waals surface area contributed by atoms with Gasteiger partial charge in [0, 0.05) is 26.2 Å². The predicted molar refractivity (Wildman–Crippen MR) is 126 cm³/mol. The molecule has 0 saturated carbocycles. The second-order valence-corrected chi connectivity index (χ2v) is 9.16. The highest BCUT2D eigenvalue weighted by Gasteiger charge is 2.27. The fraction of sp³-hybridized carbons (Fsp3) is 0.478. The van der Waals surface area contributed by atoms with Crippen LogP contribution in [0.15, 0.2) is 30.5 Å². The van der Waals surface area contributed by atoms with Gasteiger partial charge in [-0.2, -0.15) is 15.0 Å². The Balaban J connectivity index is 1.37. The molecule has 34 heavy (non-hydrogen) atoms. The number of hydrogen-bond acceptors (Lipinski definition) is 9. The minimum absolute atomic E-state index is 0.211. The number of aromatic nitrogens is 6. The highest BCUT2D eigenvalue weighted by atomic mass is 16.6. The molecule has 11 heteroatoms. The molecular formula is C23H30N8O3. The maximum absolute atomic E-state index is 12.2. The van der Waals surface area contributed by atoms with Crippen LogP contribution in [-0.4, -0.2) is 73.0 Å². The Bertz CT molecular complexity index is 1130. The Morgan fingerprint density at radius 3 is 2.38 bits per heavy atom. The molecule has 0 aromatic carbocycles. The van der Waals surface area contributed by atoms with E-state index in [9.17, 15) is 4.79 Å². The summed E-state index contributed by atoms with van der Waals surface area (Å²) in [5.41, 5.74) is 2.23. The van der Waals surface area contributed by atoms with Crippen LogP contribution in [0.5, 0.6) is 5.88 Å². The van der Waals surface area contributed by atoms with Crippen LogP contribution in [-0.2, 0) is 11.8 Å². The standard InChI is InChI=1S/C23H30N8O3/c1-23(2,3)34-22(32)31-12-10-15(11-13-31)25-20-9-8-18(27-28-20)17-7-6-16(21(26-17)33-5)19-14-24-30(4)29-19/h6-9,14-15H,10-13H2,1-5H3,(H,25,28). The van der Waals surface area contributed by atoms with E-state index in [0.29, 0.717) is 41.9 Å². The van der Waals surface area contributed by atoms with Crippen LogP contribution in [0.4, 0.5) is 10.6 Å². The monoisotopic (exact) mass is 466 g/mol. The van der Waals surface area contributed by atoms with Gasteiger partial charge in [-0.25, -0.2) is 9.78 Å². The molecule has 1 aliphatic rings. The summed E-state index contributed by atoms with van der Waals surface area (Å²) in [6, 6.07) is 7.71.